The van der Waals surface area contributed by atoms with Crippen LogP contribution in [-0.2, 0) is 18.7 Å². The summed E-state index contributed by atoms with van der Waals surface area (Å²) in [4.78, 5) is 0. The number of aliphatic hydroxyl groups is 2. The highest BCUT2D eigenvalue weighted by Gasteiger charge is 2.30. The number of hydrogen-bond donors (Lipinski definition) is 2. The highest BCUT2D eigenvalue weighted by molar-refractivity contribution is 6.36. The van der Waals surface area contributed by atoms with E-state index >= 15 is 0 Å². The van der Waals surface area contributed by atoms with Crippen molar-refractivity contribution in [2.45, 2.75) is 19.6 Å². The average molecular weight is 194 g/mol. The van der Waals surface area contributed by atoms with E-state index in [-0.39, 0.29) is 0 Å². The van der Waals surface area contributed by atoms with Crippen molar-refractivity contribution in [1.29, 1.82) is 0 Å². The van der Waals surface area contributed by atoms with Crippen molar-refractivity contribution in [1.82, 2.24) is 0 Å². The molecule has 6 nitrogen and oxygen atoms in total. The van der Waals surface area contributed by atoms with Gasteiger partial charge >= 0.3 is 7.32 Å². The van der Waals surface area contributed by atoms with Crippen LogP contribution in [0.4, 0.5) is 0 Å². The number of rotatable bonds is 7. The first-order valence-corrected chi connectivity index (χ1v) is 3.73. The van der Waals surface area contributed by atoms with Gasteiger partial charge in [0.25, 0.3) is 0 Å². The van der Waals surface area contributed by atoms with Crippen molar-refractivity contribution < 1.29 is 28.9 Å². The quantitative estimate of drug-likeness (QED) is 0.412. The van der Waals surface area contributed by atoms with Crippen molar-refractivity contribution in [3.63, 3.8) is 0 Å². The molecule has 0 heterocycles. The monoisotopic (exact) mass is 194 g/mol. The third-order valence-corrected chi connectivity index (χ3v) is 1.29. The largest absolute Gasteiger partial charge is 0.644 e. The Balaban J connectivity index is 3.92. The minimum absolute atomic E-state index is 0.565. The van der Waals surface area contributed by atoms with Gasteiger partial charge in [0.05, 0.1) is 0 Å². The van der Waals surface area contributed by atoms with Crippen LogP contribution in [-0.4, -0.2) is 44.0 Å². The SMILES string of the molecule is COC(C)(C)OB(OCO)OCO. The first-order chi connectivity index (χ1) is 6.05. The molecule has 0 aromatic heterocycles. The minimum atomic E-state index is -1.15. The lowest BCUT2D eigenvalue weighted by atomic mass is 10.2. The van der Waals surface area contributed by atoms with E-state index in [4.69, 9.17) is 19.6 Å². The summed E-state index contributed by atoms with van der Waals surface area (Å²) < 4.78 is 19.2. The van der Waals surface area contributed by atoms with Crippen molar-refractivity contribution in [2.24, 2.45) is 0 Å². The van der Waals surface area contributed by atoms with Crippen LogP contribution in [0.15, 0.2) is 0 Å². The Hall–Kier alpha value is -0.175. The minimum Gasteiger partial charge on any atom is -0.372 e. The summed E-state index contributed by atoms with van der Waals surface area (Å²) in [6, 6.07) is 0. The molecule has 0 aromatic rings. The molecule has 0 aliphatic carbocycles. The van der Waals surface area contributed by atoms with Gasteiger partial charge in [-0.1, -0.05) is 0 Å². The summed E-state index contributed by atoms with van der Waals surface area (Å²) in [5, 5.41) is 16.9. The number of methoxy groups -OCH3 is 1. The maximum atomic E-state index is 8.43. The van der Waals surface area contributed by atoms with E-state index in [0.717, 1.165) is 0 Å². The molecular weight excluding hydrogens is 179 g/mol. The van der Waals surface area contributed by atoms with Crippen LogP contribution in [0, 0.1) is 0 Å². The first kappa shape index (κ1) is 12.8. The van der Waals surface area contributed by atoms with E-state index in [1.807, 2.05) is 0 Å². The molecule has 0 spiro atoms. The van der Waals surface area contributed by atoms with E-state index in [1.54, 1.807) is 13.8 Å². The summed E-state index contributed by atoms with van der Waals surface area (Å²) in [7, 11) is 0.305. The topological polar surface area (TPSA) is 77.4 Å². The molecule has 78 valence electrons. The van der Waals surface area contributed by atoms with Crippen molar-refractivity contribution in [3.05, 3.63) is 0 Å². The molecule has 0 radical (unpaired) electrons. The van der Waals surface area contributed by atoms with Crippen LogP contribution in [0.2, 0.25) is 0 Å². The fourth-order valence-electron chi connectivity index (χ4n) is 0.518. The highest BCUT2D eigenvalue weighted by atomic mass is 16.8. The van der Waals surface area contributed by atoms with Crippen molar-refractivity contribution in [2.75, 3.05) is 20.7 Å². The Morgan fingerprint density at radius 2 is 1.62 bits per heavy atom. The van der Waals surface area contributed by atoms with Gasteiger partial charge in [0.1, 0.15) is 13.6 Å². The smallest absolute Gasteiger partial charge is 0.372 e. The predicted octanol–water partition coefficient (Wildman–Crippen LogP) is -0.697. The second kappa shape index (κ2) is 6.30. The lowest BCUT2D eigenvalue weighted by molar-refractivity contribution is -0.169. The molecule has 13 heavy (non-hydrogen) atoms. The second-order valence-corrected chi connectivity index (χ2v) is 2.60. The van der Waals surface area contributed by atoms with E-state index in [0.29, 0.717) is 0 Å². The number of ether oxygens (including phenoxy) is 1. The molecule has 0 aliphatic rings. The normalized spacial score (nSPS) is 11.8. The Kier molecular flexibility index (Phi) is 6.22. The first-order valence-electron chi connectivity index (χ1n) is 3.73. The molecule has 0 unspecified atom stereocenters. The number of hydrogen-bond acceptors (Lipinski definition) is 6. The molecule has 2 N–H and O–H groups in total. The molecule has 0 aromatic carbocycles. The lowest BCUT2D eigenvalue weighted by Gasteiger charge is -2.25. The maximum absolute atomic E-state index is 8.43. The molecular formula is C6H15BO6. The lowest BCUT2D eigenvalue weighted by Crippen LogP contribution is -2.39. The van der Waals surface area contributed by atoms with Gasteiger partial charge in [-0.2, -0.15) is 0 Å². The van der Waals surface area contributed by atoms with Crippen molar-refractivity contribution >= 4 is 7.32 Å². The predicted molar refractivity (Wildman–Crippen MR) is 44.3 cm³/mol. The third-order valence-electron chi connectivity index (χ3n) is 1.29. The van der Waals surface area contributed by atoms with Crippen LogP contribution >= 0.6 is 0 Å². The summed E-state index contributed by atoms with van der Waals surface area (Å²) in [5.41, 5.74) is 0. The zero-order valence-electron chi connectivity index (χ0n) is 8.02. The Morgan fingerprint density at radius 1 is 1.15 bits per heavy atom. The van der Waals surface area contributed by atoms with Gasteiger partial charge in [0.15, 0.2) is 5.79 Å². The Morgan fingerprint density at radius 3 is 1.92 bits per heavy atom. The molecule has 0 bridgehead atoms. The molecule has 0 rings (SSSR count). The van der Waals surface area contributed by atoms with Gasteiger partial charge in [-0.15, -0.1) is 0 Å². The van der Waals surface area contributed by atoms with Gasteiger partial charge in [-0.05, 0) is 13.8 Å². The van der Waals surface area contributed by atoms with E-state index < -0.39 is 26.7 Å². The summed E-state index contributed by atoms with van der Waals surface area (Å²) in [6.45, 7) is 2.15. The van der Waals surface area contributed by atoms with Crippen molar-refractivity contribution in [3.8, 4) is 0 Å². The molecule has 7 heteroatoms. The van der Waals surface area contributed by atoms with Crippen LogP contribution in [0.5, 0.6) is 0 Å². The number of aliphatic hydroxyl groups excluding tert-OH is 2. The Bertz CT molecular complexity index is 124. The van der Waals surface area contributed by atoms with Crippen LogP contribution in [0.25, 0.3) is 0 Å². The molecule has 0 fully saturated rings. The molecule has 0 aliphatic heterocycles. The van der Waals surface area contributed by atoms with Gasteiger partial charge in [0, 0.05) is 7.11 Å². The standard InChI is InChI=1S/C6H15BO6/c1-6(2,10-3)13-7(11-4-8)12-5-9/h8-9H,4-5H2,1-3H3. The maximum Gasteiger partial charge on any atom is 0.644 e. The summed E-state index contributed by atoms with van der Waals surface area (Å²) >= 11 is 0. The summed E-state index contributed by atoms with van der Waals surface area (Å²) in [6.07, 6.45) is 0. The molecule has 0 saturated heterocycles. The van der Waals surface area contributed by atoms with E-state index in [9.17, 15) is 0 Å². The van der Waals surface area contributed by atoms with Crippen LogP contribution in [0.3, 0.4) is 0 Å². The van der Waals surface area contributed by atoms with Gasteiger partial charge in [0.2, 0.25) is 0 Å². The van der Waals surface area contributed by atoms with Crippen LogP contribution in [0.1, 0.15) is 13.8 Å². The van der Waals surface area contributed by atoms with Gasteiger partial charge in [-0.25, -0.2) is 0 Å². The summed E-state index contributed by atoms with van der Waals surface area (Å²) in [5.74, 6) is -0.908. The Labute approximate surface area is 77.5 Å². The highest BCUT2D eigenvalue weighted by Crippen LogP contribution is 2.11. The zero-order chi connectivity index (χ0) is 10.3. The van der Waals surface area contributed by atoms with Gasteiger partial charge in [-0.3, -0.25) is 0 Å². The van der Waals surface area contributed by atoms with Crippen LogP contribution < -0.4 is 0 Å². The van der Waals surface area contributed by atoms with Gasteiger partial charge < -0.3 is 28.9 Å². The molecule has 0 amide bonds. The third kappa shape index (κ3) is 5.97. The second-order valence-electron chi connectivity index (χ2n) is 2.60. The molecule has 0 saturated carbocycles. The molecule has 0 atom stereocenters. The fourth-order valence-corrected chi connectivity index (χ4v) is 0.518. The zero-order valence-corrected chi connectivity index (χ0v) is 8.02. The van der Waals surface area contributed by atoms with E-state index in [2.05, 4.69) is 9.31 Å². The van der Waals surface area contributed by atoms with E-state index in [1.165, 1.54) is 7.11 Å². The average Bonchev–Trinajstić information content (AvgIpc) is 2.05. The fraction of sp³-hybridized carbons (Fsp3) is 1.00.